The molecule has 3 aliphatic carbocycles. The van der Waals surface area contributed by atoms with Crippen molar-refractivity contribution in [1.82, 2.24) is 35.1 Å². The van der Waals surface area contributed by atoms with Crippen LogP contribution >= 0.6 is 11.3 Å². The number of aromatic nitrogens is 2. The van der Waals surface area contributed by atoms with Gasteiger partial charge in [0.15, 0.2) is 0 Å². The summed E-state index contributed by atoms with van der Waals surface area (Å²) in [6.07, 6.45) is 13.2. The number of ether oxygens (including phenoxy) is 2. The lowest BCUT2D eigenvalue weighted by molar-refractivity contribution is -0.143. The Kier molecular flexibility index (Phi) is 14.0. The normalized spacial score (nSPS) is 27.5. The van der Waals surface area contributed by atoms with E-state index in [1.807, 2.05) is 68.0 Å². The molecule has 4 amide bonds. The van der Waals surface area contributed by atoms with Crippen molar-refractivity contribution >= 4 is 56.2 Å². The molecule has 4 unspecified atom stereocenters. The molecule has 2 aromatic heterocycles. The fraction of sp³-hybridized carbons (Fsp3) is 0.609. The maximum Gasteiger partial charge on any atom is 0.408 e. The summed E-state index contributed by atoms with van der Waals surface area (Å²) in [4.78, 5) is 72.6. The first-order valence-corrected chi connectivity index (χ1v) is 25.3. The van der Waals surface area contributed by atoms with Gasteiger partial charge in [0.25, 0.3) is 5.91 Å². The Bertz CT molecular complexity index is 2260. The van der Waals surface area contributed by atoms with Crippen molar-refractivity contribution in [2.75, 3.05) is 20.6 Å². The molecular formula is C46H61N7O8S2. The van der Waals surface area contributed by atoms with E-state index in [-0.39, 0.29) is 24.8 Å². The number of thiophene rings is 1. The second-order valence-electron chi connectivity index (χ2n) is 18.2. The average molecular weight is 904 g/mol. The number of sulfonamides is 1. The Morgan fingerprint density at radius 3 is 2.44 bits per heavy atom. The molecule has 1 saturated heterocycles. The van der Waals surface area contributed by atoms with Gasteiger partial charge in [-0.2, -0.15) is 0 Å². The van der Waals surface area contributed by atoms with Gasteiger partial charge in [-0.3, -0.25) is 19.1 Å². The summed E-state index contributed by atoms with van der Waals surface area (Å²) in [5, 5.41) is 7.25. The summed E-state index contributed by atoms with van der Waals surface area (Å²) in [7, 11) is 0.135. The number of allylic oxidation sites excluding steroid dienone is 1. The number of hydrogen-bond acceptors (Lipinski definition) is 12. The number of rotatable bonds is 14. The van der Waals surface area contributed by atoms with Crippen LogP contribution in [0.2, 0.25) is 0 Å². The third-order valence-electron chi connectivity index (χ3n) is 13.2. The molecule has 2 aliphatic heterocycles. The number of amides is 4. The van der Waals surface area contributed by atoms with Crippen molar-refractivity contribution in [3.63, 3.8) is 0 Å². The Hall–Kier alpha value is -4.61. The highest BCUT2D eigenvalue weighted by molar-refractivity contribution is 7.91. The Balaban J connectivity index is 1.17. The molecule has 3 saturated carbocycles. The molecule has 3 aromatic rings. The number of unbranched alkanes of at least 4 members (excludes halogenated alkanes) is 2. The zero-order valence-electron chi connectivity index (χ0n) is 36.3. The highest BCUT2D eigenvalue weighted by Crippen LogP contribution is 2.47. The van der Waals surface area contributed by atoms with Gasteiger partial charge in [0.2, 0.25) is 27.7 Å². The number of alkyl carbamates (subject to hydrolysis) is 1. The van der Waals surface area contributed by atoms with Crippen LogP contribution in [0.25, 0.3) is 21.6 Å². The molecule has 8 rings (SSSR count). The number of hydrogen-bond donors (Lipinski definition) is 3. The SMILES string of the molecule is CN(C)CCCCC[C@H]1[C@H](Oc2nc3ccccc3nc2-c2cccs2)CC2C(=O)NC3(C(=O)NS(=O)(=O)C4CC4)CC3/C=C\CCCCCC(NC(=O)OC3CCCC3)C(=O)N21. The van der Waals surface area contributed by atoms with E-state index in [9.17, 15) is 18.0 Å². The van der Waals surface area contributed by atoms with Gasteiger partial charge in [0, 0.05) is 12.3 Å². The van der Waals surface area contributed by atoms with E-state index >= 15 is 9.59 Å². The number of carbonyl (C=O) groups excluding carboxylic acids is 4. The molecule has 4 heterocycles. The smallest absolute Gasteiger partial charge is 0.408 e. The van der Waals surface area contributed by atoms with Crippen LogP contribution in [0.3, 0.4) is 0 Å². The van der Waals surface area contributed by atoms with Gasteiger partial charge in [-0.1, -0.05) is 56.0 Å². The summed E-state index contributed by atoms with van der Waals surface area (Å²) in [5.41, 5.74) is 0.340. The number of para-hydroxylation sites is 2. The maximum atomic E-state index is 15.4. The summed E-state index contributed by atoms with van der Waals surface area (Å²) in [5.74, 6) is -1.96. The van der Waals surface area contributed by atoms with Gasteiger partial charge < -0.3 is 29.9 Å². The summed E-state index contributed by atoms with van der Waals surface area (Å²) in [6, 6.07) is 8.63. The quantitative estimate of drug-likeness (QED) is 0.123. The Labute approximate surface area is 374 Å². The minimum Gasteiger partial charge on any atom is -0.470 e. The number of nitrogens with one attached hydrogen (secondary N) is 3. The fourth-order valence-electron chi connectivity index (χ4n) is 9.43. The molecule has 1 aromatic carbocycles. The molecule has 3 N–H and O–H groups in total. The Morgan fingerprint density at radius 2 is 1.71 bits per heavy atom. The molecular weight excluding hydrogens is 843 g/mol. The van der Waals surface area contributed by atoms with Gasteiger partial charge in [0.05, 0.1) is 27.2 Å². The minimum absolute atomic E-state index is 0.0517. The summed E-state index contributed by atoms with van der Waals surface area (Å²) in [6.45, 7) is 0.889. The van der Waals surface area contributed by atoms with E-state index < -0.39 is 74.8 Å². The second kappa shape index (κ2) is 19.6. The van der Waals surface area contributed by atoms with Gasteiger partial charge >= 0.3 is 6.09 Å². The molecule has 0 bridgehead atoms. The maximum absolute atomic E-state index is 15.4. The summed E-state index contributed by atoms with van der Waals surface area (Å²) >= 11 is 1.50. The topological polar surface area (TPSA) is 189 Å². The van der Waals surface area contributed by atoms with Crippen LogP contribution in [0.15, 0.2) is 53.9 Å². The molecule has 17 heteroatoms. The number of benzene rings is 1. The molecule has 340 valence electrons. The molecule has 63 heavy (non-hydrogen) atoms. The van der Waals surface area contributed by atoms with Crippen molar-refractivity contribution in [3.05, 3.63) is 53.9 Å². The van der Waals surface area contributed by atoms with E-state index in [0.717, 1.165) is 69.2 Å². The van der Waals surface area contributed by atoms with Crippen LogP contribution in [0.5, 0.6) is 5.88 Å². The molecule has 0 radical (unpaired) electrons. The number of carbonyl (C=O) groups is 4. The number of nitrogens with zero attached hydrogens (tertiary/aromatic N) is 4. The molecule has 15 nitrogen and oxygen atoms in total. The van der Waals surface area contributed by atoms with E-state index in [4.69, 9.17) is 19.4 Å². The largest absolute Gasteiger partial charge is 0.470 e. The van der Waals surface area contributed by atoms with Crippen LogP contribution in [0.4, 0.5) is 4.79 Å². The molecule has 5 aliphatic rings. The van der Waals surface area contributed by atoms with Crippen molar-refractivity contribution in [2.45, 2.75) is 150 Å². The van der Waals surface area contributed by atoms with Crippen molar-refractivity contribution < 1.29 is 37.1 Å². The van der Waals surface area contributed by atoms with Gasteiger partial charge in [-0.05, 0) is 121 Å². The van der Waals surface area contributed by atoms with Crippen molar-refractivity contribution in [1.29, 1.82) is 0 Å². The van der Waals surface area contributed by atoms with E-state index in [1.165, 1.54) is 11.3 Å². The zero-order valence-corrected chi connectivity index (χ0v) is 38.0. The third kappa shape index (κ3) is 10.7. The van der Waals surface area contributed by atoms with Crippen LogP contribution in [0.1, 0.15) is 109 Å². The van der Waals surface area contributed by atoms with Gasteiger partial charge in [-0.15, -0.1) is 11.3 Å². The first-order chi connectivity index (χ1) is 30.4. The minimum atomic E-state index is -3.92. The van der Waals surface area contributed by atoms with Crippen molar-refractivity contribution in [2.24, 2.45) is 5.92 Å². The standard InChI is InChI=1S/C46H61N7O8S2/c1-52(2)26-14-6-9-22-36-38(61-42-40(39-23-15-27-62-39)47-33-19-12-13-20-34(33)48-42)28-37-41(54)50-46(44(56)51-63(58,59)32-24-25-32)29-30(46)16-7-4-3-5-8-21-35(43(55)53(36)37)49-45(57)60-31-17-10-11-18-31/h7,12-13,15-16,19-20,23,27,30-32,35-38H,3-6,8-11,14,17-18,21-22,24-26,28-29H2,1-2H3,(H,49,57)(H,50,54)(H,51,56)/b16-7-/t30?,35?,36-,37?,38+,46?/m0/s1. The third-order valence-corrected chi connectivity index (χ3v) is 15.9. The first-order valence-electron chi connectivity index (χ1n) is 22.9. The van der Waals surface area contributed by atoms with Gasteiger partial charge in [0.1, 0.15) is 35.5 Å². The monoisotopic (exact) mass is 903 g/mol. The van der Waals surface area contributed by atoms with Crippen LogP contribution in [-0.2, 0) is 29.1 Å². The first kappa shape index (κ1) is 45.0. The van der Waals surface area contributed by atoms with E-state index in [2.05, 4.69) is 20.3 Å². The van der Waals surface area contributed by atoms with Crippen LogP contribution in [-0.4, -0.2) is 114 Å². The summed E-state index contributed by atoms with van der Waals surface area (Å²) < 4.78 is 41.3. The second-order valence-corrected chi connectivity index (χ2v) is 21.1. The van der Waals surface area contributed by atoms with E-state index in [0.29, 0.717) is 55.3 Å². The molecule has 6 atom stereocenters. The Morgan fingerprint density at radius 1 is 0.952 bits per heavy atom. The van der Waals surface area contributed by atoms with Crippen molar-refractivity contribution in [3.8, 4) is 16.5 Å². The zero-order chi connectivity index (χ0) is 44.1. The van der Waals surface area contributed by atoms with Gasteiger partial charge in [-0.25, -0.2) is 23.2 Å². The predicted molar refractivity (Wildman–Crippen MR) is 240 cm³/mol. The predicted octanol–water partition coefficient (Wildman–Crippen LogP) is 6.24. The molecule has 4 fully saturated rings. The molecule has 0 spiro atoms. The number of fused-ring (bicyclic) bond motifs is 3. The van der Waals surface area contributed by atoms with Crippen LogP contribution in [0, 0.1) is 5.92 Å². The average Bonchev–Trinajstić information content (AvgIpc) is 4.02. The lowest BCUT2D eigenvalue weighted by Crippen LogP contribution is -2.59. The van der Waals surface area contributed by atoms with E-state index in [1.54, 1.807) is 4.90 Å². The van der Waals surface area contributed by atoms with Crippen LogP contribution < -0.4 is 20.1 Å². The highest BCUT2D eigenvalue weighted by Gasteiger charge is 2.62. The lowest BCUT2D eigenvalue weighted by Gasteiger charge is -2.35. The highest BCUT2D eigenvalue weighted by atomic mass is 32.2. The lowest BCUT2D eigenvalue weighted by atomic mass is 10.0. The fourth-order valence-corrected chi connectivity index (χ4v) is 11.5.